The molecule has 3 rings (SSSR count). The van der Waals surface area contributed by atoms with E-state index in [2.05, 4.69) is 10.3 Å². The SMILES string of the molecule is Cc1c(N(CCN(C)C)C(N)=O)ccc2nc(NC(CCS(C)(=O)=O)C(=O)N3CCCC3)oc(=O)c12. The van der Waals surface area contributed by atoms with E-state index >= 15 is 0 Å². The van der Waals surface area contributed by atoms with Gasteiger partial charge in [-0.2, -0.15) is 4.98 Å². The summed E-state index contributed by atoms with van der Waals surface area (Å²) in [5, 5.41) is 3.03. The number of carbonyl (C=O) groups is 2. The Morgan fingerprint density at radius 3 is 2.47 bits per heavy atom. The molecule has 198 valence electrons. The van der Waals surface area contributed by atoms with Crippen LogP contribution in [0, 0.1) is 6.92 Å². The number of nitrogens with zero attached hydrogens (tertiary/aromatic N) is 4. The van der Waals surface area contributed by atoms with Crippen LogP contribution in [-0.2, 0) is 14.6 Å². The Balaban J connectivity index is 1.94. The van der Waals surface area contributed by atoms with Gasteiger partial charge in [0, 0.05) is 38.1 Å². The zero-order valence-electron chi connectivity index (χ0n) is 21.1. The predicted molar refractivity (Wildman–Crippen MR) is 138 cm³/mol. The van der Waals surface area contributed by atoms with Gasteiger partial charge in [0.2, 0.25) is 5.91 Å². The number of likely N-dealkylation sites (tertiary alicyclic amines) is 1. The normalized spacial score (nSPS) is 14.9. The minimum atomic E-state index is -3.32. The summed E-state index contributed by atoms with van der Waals surface area (Å²) in [5.74, 6) is -0.467. The maximum atomic E-state index is 13.0. The van der Waals surface area contributed by atoms with Crippen LogP contribution in [0.4, 0.5) is 16.5 Å². The summed E-state index contributed by atoms with van der Waals surface area (Å²) < 4.78 is 28.9. The van der Waals surface area contributed by atoms with Crippen LogP contribution in [0.1, 0.15) is 24.8 Å². The first-order valence-corrected chi connectivity index (χ1v) is 13.8. The summed E-state index contributed by atoms with van der Waals surface area (Å²) in [4.78, 5) is 47.4. The number of hydrogen-bond acceptors (Lipinski definition) is 9. The highest BCUT2D eigenvalue weighted by Crippen LogP contribution is 2.27. The second-order valence-corrected chi connectivity index (χ2v) is 11.6. The fourth-order valence-corrected chi connectivity index (χ4v) is 4.87. The summed E-state index contributed by atoms with van der Waals surface area (Å²) in [5.41, 5.74) is 6.15. The van der Waals surface area contributed by atoms with Crippen LogP contribution in [0.15, 0.2) is 21.3 Å². The van der Waals surface area contributed by atoms with Crippen molar-refractivity contribution in [3.63, 3.8) is 0 Å². The van der Waals surface area contributed by atoms with Gasteiger partial charge in [0.05, 0.1) is 16.7 Å². The molecule has 1 fully saturated rings. The second kappa shape index (κ2) is 11.2. The van der Waals surface area contributed by atoms with E-state index in [1.54, 1.807) is 24.0 Å². The van der Waals surface area contributed by atoms with Crippen molar-refractivity contribution in [3.05, 3.63) is 28.1 Å². The van der Waals surface area contributed by atoms with E-state index in [4.69, 9.17) is 10.2 Å². The van der Waals surface area contributed by atoms with Crippen LogP contribution in [0.5, 0.6) is 0 Å². The highest BCUT2D eigenvalue weighted by Gasteiger charge is 2.29. The molecule has 0 radical (unpaired) electrons. The van der Waals surface area contributed by atoms with Crippen molar-refractivity contribution >= 4 is 44.4 Å². The fraction of sp³-hybridized carbons (Fsp3) is 0.565. The number of benzene rings is 1. The molecule has 1 unspecified atom stereocenters. The van der Waals surface area contributed by atoms with Gasteiger partial charge in [-0.1, -0.05) is 0 Å². The summed E-state index contributed by atoms with van der Waals surface area (Å²) in [7, 11) is 0.428. The molecular weight excluding hydrogens is 488 g/mol. The maximum Gasteiger partial charge on any atom is 0.348 e. The number of carbonyl (C=O) groups excluding carboxylic acids is 2. The zero-order chi connectivity index (χ0) is 26.6. The summed E-state index contributed by atoms with van der Waals surface area (Å²) >= 11 is 0. The minimum absolute atomic E-state index is 0.00893. The third-order valence-corrected chi connectivity index (χ3v) is 7.13. The molecule has 12 nitrogen and oxygen atoms in total. The van der Waals surface area contributed by atoms with Crippen LogP contribution >= 0.6 is 0 Å². The number of urea groups is 1. The predicted octanol–water partition coefficient (Wildman–Crippen LogP) is 0.781. The second-order valence-electron chi connectivity index (χ2n) is 9.35. The molecule has 0 saturated carbocycles. The molecular formula is C23H34N6O6S. The van der Waals surface area contributed by atoms with Crippen LogP contribution in [0.2, 0.25) is 0 Å². The number of amides is 3. The van der Waals surface area contributed by atoms with Crippen molar-refractivity contribution in [1.82, 2.24) is 14.8 Å². The number of hydrogen-bond donors (Lipinski definition) is 2. The summed E-state index contributed by atoms with van der Waals surface area (Å²) in [6.07, 6.45) is 2.88. The first-order valence-electron chi connectivity index (χ1n) is 11.8. The Labute approximate surface area is 210 Å². The van der Waals surface area contributed by atoms with E-state index in [1.807, 2.05) is 19.0 Å². The summed E-state index contributed by atoms with van der Waals surface area (Å²) in [6.45, 7) is 3.76. The van der Waals surface area contributed by atoms with Gasteiger partial charge in [0.1, 0.15) is 15.9 Å². The smallest absolute Gasteiger partial charge is 0.348 e. The van der Waals surface area contributed by atoms with Crippen LogP contribution in [-0.4, -0.2) is 93.5 Å². The van der Waals surface area contributed by atoms with Gasteiger partial charge in [0.15, 0.2) is 0 Å². The van der Waals surface area contributed by atoms with Crippen molar-refractivity contribution in [2.75, 3.05) is 62.5 Å². The lowest BCUT2D eigenvalue weighted by Crippen LogP contribution is -2.42. The Hall–Kier alpha value is -3.19. The Bertz CT molecular complexity index is 1290. The number of fused-ring (bicyclic) bond motifs is 1. The maximum absolute atomic E-state index is 13.0. The van der Waals surface area contributed by atoms with Crippen LogP contribution in [0.3, 0.4) is 0 Å². The van der Waals surface area contributed by atoms with Crippen molar-refractivity contribution in [1.29, 1.82) is 0 Å². The Morgan fingerprint density at radius 1 is 1.22 bits per heavy atom. The van der Waals surface area contributed by atoms with E-state index in [0.29, 0.717) is 42.9 Å². The Morgan fingerprint density at radius 2 is 1.89 bits per heavy atom. The molecule has 1 aromatic heterocycles. The van der Waals surface area contributed by atoms with Gasteiger partial charge in [-0.15, -0.1) is 0 Å². The highest BCUT2D eigenvalue weighted by atomic mass is 32.2. The lowest BCUT2D eigenvalue weighted by atomic mass is 10.1. The molecule has 2 heterocycles. The van der Waals surface area contributed by atoms with Gasteiger partial charge < -0.3 is 25.3 Å². The van der Waals surface area contributed by atoms with Crippen molar-refractivity contribution in [2.24, 2.45) is 5.73 Å². The van der Waals surface area contributed by atoms with Gasteiger partial charge in [0.25, 0.3) is 6.01 Å². The van der Waals surface area contributed by atoms with Crippen LogP contribution in [0.25, 0.3) is 10.9 Å². The fourth-order valence-electron chi connectivity index (χ4n) is 4.21. The molecule has 3 N–H and O–H groups in total. The molecule has 36 heavy (non-hydrogen) atoms. The average molecular weight is 523 g/mol. The van der Waals surface area contributed by atoms with E-state index in [0.717, 1.165) is 19.1 Å². The number of aryl methyl sites for hydroxylation is 1. The number of anilines is 2. The van der Waals surface area contributed by atoms with Gasteiger partial charge in [-0.25, -0.2) is 18.0 Å². The molecule has 1 aromatic carbocycles. The molecule has 0 bridgehead atoms. The molecule has 1 aliphatic heterocycles. The highest BCUT2D eigenvalue weighted by molar-refractivity contribution is 7.90. The average Bonchev–Trinajstić information content (AvgIpc) is 3.31. The van der Waals surface area contributed by atoms with Crippen LogP contribution < -0.4 is 21.6 Å². The third-order valence-electron chi connectivity index (χ3n) is 6.15. The molecule has 2 aromatic rings. The number of nitrogens with two attached hydrogens (primary N) is 1. The first kappa shape index (κ1) is 27.4. The van der Waals surface area contributed by atoms with Gasteiger partial charge in [-0.05, 0) is 58.0 Å². The molecule has 3 amide bonds. The molecule has 0 aliphatic carbocycles. The van der Waals surface area contributed by atoms with Gasteiger partial charge in [-0.3, -0.25) is 9.69 Å². The standard InChI is InChI=1S/C23H34N6O6S/c1-15-18(29(22(24)32)13-12-27(2)3)8-7-16-19(15)21(31)35-23(25-16)26-17(9-14-36(4,33)34)20(30)28-10-5-6-11-28/h7-8,17H,5-6,9-14H2,1-4H3,(H2,24,32)(H,25,26). The van der Waals surface area contributed by atoms with E-state index in [-0.39, 0.29) is 29.5 Å². The summed E-state index contributed by atoms with van der Waals surface area (Å²) in [6, 6.07) is 1.50. The lowest BCUT2D eigenvalue weighted by molar-refractivity contribution is -0.131. The number of likely N-dealkylation sites (N-methyl/N-ethyl adjacent to an activating group) is 1. The lowest BCUT2D eigenvalue weighted by Gasteiger charge is -2.25. The third kappa shape index (κ3) is 6.72. The number of primary amides is 1. The number of sulfone groups is 1. The largest absolute Gasteiger partial charge is 0.389 e. The number of nitrogens with one attached hydrogen (secondary N) is 1. The van der Waals surface area contributed by atoms with Crippen molar-refractivity contribution in [2.45, 2.75) is 32.2 Å². The number of rotatable bonds is 10. The first-order chi connectivity index (χ1) is 16.9. The molecule has 1 aliphatic rings. The number of aromatic nitrogens is 1. The zero-order valence-corrected chi connectivity index (χ0v) is 21.9. The Kier molecular flexibility index (Phi) is 8.56. The van der Waals surface area contributed by atoms with E-state index in [9.17, 15) is 22.8 Å². The minimum Gasteiger partial charge on any atom is -0.389 e. The quantitative estimate of drug-likeness (QED) is 0.460. The molecule has 0 spiro atoms. The topological polar surface area (TPSA) is 159 Å². The molecule has 1 atom stereocenters. The molecule has 1 saturated heterocycles. The van der Waals surface area contributed by atoms with Gasteiger partial charge >= 0.3 is 11.7 Å². The van der Waals surface area contributed by atoms with E-state index < -0.39 is 27.5 Å². The van der Waals surface area contributed by atoms with Crippen molar-refractivity contribution < 1.29 is 22.4 Å². The van der Waals surface area contributed by atoms with Crippen molar-refractivity contribution in [3.8, 4) is 0 Å². The monoisotopic (exact) mass is 522 g/mol. The van der Waals surface area contributed by atoms with E-state index in [1.165, 1.54) is 4.90 Å². The molecule has 13 heteroatoms.